The lowest BCUT2D eigenvalue weighted by molar-refractivity contribution is 0.669. The van der Waals surface area contributed by atoms with Gasteiger partial charge < -0.3 is 14.2 Å². The predicted octanol–water partition coefficient (Wildman–Crippen LogP) is 13.4. The molecule has 9 rings (SSSR count). The first-order valence-electron chi connectivity index (χ1n) is 16.8. The molecule has 0 bridgehead atoms. The molecule has 3 heteroatoms. The van der Waals surface area contributed by atoms with Crippen molar-refractivity contribution in [1.82, 2.24) is 0 Å². The summed E-state index contributed by atoms with van der Waals surface area (Å²) < 4.78 is 6.99. The molecule has 0 saturated carbocycles. The van der Waals surface area contributed by atoms with E-state index >= 15 is 0 Å². The number of benzene rings is 8. The van der Waals surface area contributed by atoms with Crippen LogP contribution in [-0.2, 0) is 0 Å². The molecule has 0 aliphatic rings. The number of anilines is 6. The van der Waals surface area contributed by atoms with Crippen molar-refractivity contribution in [3.63, 3.8) is 0 Å². The molecule has 234 valence electrons. The first-order valence-corrected chi connectivity index (χ1v) is 16.8. The maximum absolute atomic E-state index is 6.99. The Balaban J connectivity index is 1.37. The van der Waals surface area contributed by atoms with Gasteiger partial charge in [-0.1, -0.05) is 109 Å². The molecule has 0 unspecified atom stereocenters. The van der Waals surface area contributed by atoms with Gasteiger partial charge in [0.2, 0.25) is 0 Å². The lowest BCUT2D eigenvalue weighted by atomic mass is 9.96. The van der Waals surface area contributed by atoms with Crippen LogP contribution in [0.3, 0.4) is 0 Å². The van der Waals surface area contributed by atoms with Crippen LogP contribution in [0.1, 0.15) is 11.1 Å². The van der Waals surface area contributed by atoms with E-state index in [0.717, 1.165) is 56.1 Å². The van der Waals surface area contributed by atoms with E-state index in [1.807, 2.05) is 0 Å². The van der Waals surface area contributed by atoms with Crippen molar-refractivity contribution in [3.8, 4) is 0 Å². The van der Waals surface area contributed by atoms with Crippen molar-refractivity contribution in [2.24, 2.45) is 0 Å². The Labute approximate surface area is 285 Å². The molecule has 49 heavy (non-hydrogen) atoms. The summed E-state index contributed by atoms with van der Waals surface area (Å²) in [6.07, 6.45) is 0. The average Bonchev–Trinajstić information content (AvgIpc) is 3.52. The first kappa shape index (κ1) is 28.9. The SMILES string of the molecule is Cc1cccc(N(c2ccccc2)c2cc3oc4cc(N(c5ccccc5)c5cccc(C)c5)c5ccccc5c4c3c3ccccc23)c1. The molecule has 0 N–H and O–H groups in total. The Morgan fingerprint density at radius 2 is 0.714 bits per heavy atom. The van der Waals surface area contributed by atoms with E-state index in [1.165, 1.54) is 32.7 Å². The Bertz CT molecular complexity index is 2460. The van der Waals surface area contributed by atoms with Gasteiger partial charge in [0.1, 0.15) is 11.2 Å². The molecule has 0 spiro atoms. The summed E-state index contributed by atoms with van der Waals surface area (Å²) >= 11 is 0. The standard InChI is InChI=1S/C46H34N2O/c1-31-15-13-21-35(27-31)47(33-17-5-3-6-18-33)41-29-43-45(39-25-11-9-23-37(39)41)46-40-26-12-10-24-38(40)42(30-44(46)49-43)48(34-19-7-4-8-20-34)36-22-14-16-32(2)28-36/h3-30H,1-2H3. The van der Waals surface area contributed by atoms with Crippen molar-refractivity contribution in [2.75, 3.05) is 9.80 Å². The highest BCUT2D eigenvalue weighted by Crippen LogP contribution is 2.49. The zero-order valence-corrected chi connectivity index (χ0v) is 27.5. The molecule has 1 aromatic heterocycles. The second kappa shape index (κ2) is 11.7. The maximum Gasteiger partial charge on any atom is 0.138 e. The zero-order valence-electron chi connectivity index (χ0n) is 27.5. The topological polar surface area (TPSA) is 19.6 Å². The van der Waals surface area contributed by atoms with Gasteiger partial charge in [0.15, 0.2) is 0 Å². The fourth-order valence-electron chi connectivity index (χ4n) is 7.37. The lowest BCUT2D eigenvalue weighted by Crippen LogP contribution is -2.10. The summed E-state index contributed by atoms with van der Waals surface area (Å²) in [6.45, 7) is 4.29. The predicted molar refractivity (Wildman–Crippen MR) is 208 cm³/mol. The van der Waals surface area contributed by atoms with Gasteiger partial charge in [-0.2, -0.15) is 0 Å². The number of hydrogen-bond acceptors (Lipinski definition) is 3. The Morgan fingerprint density at radius 3 is 1.12 bits per heavy atom. The Morgan fingerprint density at radius 1 is 0.347 bits per heavy atom. The third-order valence-electron chi connectivity index (χ3n) is 9.47. The van der Waals surface area contributed by atoms with Crippen molar-refractivity contribution < 1.29 is 4.42 Å². The van der Waals surface area contributed by atoms with Crippen molar-refractivity contribution in [3.05, 3.63) is 181 Å². The number of hydrogen-bond donors (Lipinski definition) is 0. The lowest BCUT2D eigenvalue weighted by Gasteiger charge is -2.27. The fourth-order valence-corrected chi connectivity index (χ4v) is 7.37. The normalized spacial score (nSPS) is 11.5. The highest BCUT2D eigenvalue weighted by atomic mass is 16.3. The number of para-hydroxylation sites is 2. The summed E-state index contributed by atoms with van der Waals surface area (Å²) in [6, 6.07) is 60.5. The summed E-state index contributed by atoms with van der Waals surface area (Å²) in [5.41, 5.74) is 10.7. The monoisotopic (exact) mass is 630 g/mol. The van der Waals surface area contributed by atoms with Crippen molar-refractivity contribution in [2.45, 2.75) is 13.8 Å². The second-order valence-electron chi connectivity index (χ2n) is 12.8. The zero-order chi connectivity index (χ0) is 32.9. The van der Waals surface area contributed by atoms with E-state index in [-0.39, 0.29) is 0 Å². The van der Waals surface area contributed by atoms with Gasteiger partial charge in [-0.05, 0) is 84.3 Å². The van der Waals surface area contributed by atoms with Crippen LogP contribution in [0, 0.1) is 13.8 Å². The van der Waals surface area contributed by atoms with Gasteiger partial charge in [-0.3, -0.25) is 0 Å². The van der Waals surface area contributed by atoms with Gasteiger partial charge in [-0.15, -0.1) is 0 Å². The molecular formula is C46H34N2O. The van der Waals surface area contributed by atoms with E-state index < -0.39 is 0 Å². The van der Waals surface area contributed by atoms with Crippen LogP contribution in [0.4, 0.5) is 34.1 Å². The maximum atomic E-state index is 6.99. The average molecular weight is 631 g/mol. The molecule has 0 amide bonds. The minimum atomic E-state index is 0.862. The van der Waals surface area contributed by atoms with Gasteiger partial charge in [0.05, 0.1) is 11.4 Å². The van der Waals surface area contributed by atoms with E-state index in [1.54, 1.807) is 0 Å². The minimum absolute atomic E-state index is 0.862. The van der Waals surface area contributed by atoms with Crippen molar-refractivity contribution in [1.29, 1.82) is 0 Å². The summed E-state index contributed by atoms with van der Waals surface area (Å²) in [7, 11) is 0. The van der Waals surface area contributed by atoms with Gasteiger partial charge >= 0.3 is 0 Å². The number of rotatable bonds is 6. The van der Waals surface area contributed by atoms with E-state index in [4.69, 9.17) is 4.42 Å². The highest BCUT2D eigenvalue weighted by molar-refractivity contribution is 6.30. The third kappa shape index (κ3) is 4.90. The Hall–Kier alpha value is -6.32. The molecule has 0 atom stereocenters. The van der Waals surface area contributed by atoms with E-state index in [0.29, 0.717) is 0 Å². The molecule has 0 aliphatic heterocycles. The molecule has 1 heterocycles. The highest BCUT2D eigenvalue weighted by Gasteiger charge is 2.24. The van der Waals surface area contributed by atoms with Gasteiger partial charge in [0, 0.05) is 56.4 Å². The van der Waals surface area contributed by atoms with E-state index in [9.17, 15) is 0 Å². The minimum Gasteiger partial charge on any atom is -0.456 e. The molecular weight excluding hydrogens is 597 g/mol. The largest absolute Gasteiger partial charge is 0.456 e. The molecule has 3 nitrogen and oxygen atoms in total. The smallest absolute Gasteiger partial charge is 0.138 e. The molecule has 0 fully saturated rings. The first-order chi connectivity index (χ1) is 24.1. The molecule has 0 saturated heterocycles. The quantitative estimate of drug-likeness (QED) is 0.182. The van der Waals surface area contributed by atoms with Gasteiger partial charge in [-0.25, -0.2) is 0 Å². The van der Waals surface area contributed by atoms with Crippen LogP contribution in [0.15, 0.2) is 174 Å². The summed E-state index contributed by atoms with van der Waals surface area (Å²) in [5.74, 6) is 0. The second-order valence-corrected chi connectivity index (χ2v) is 12.8. The van der Waals surface area contributed by atoms with E-state index in [2.05, 4.69) is 194 Å². The molecule has 0 radical (unpaired) electrons. The number of nitrogens with zero attached hydrogens (tertiary/aromatic N) is 2. The van der Waals surface area contributed by atoms with Crippen LogP contribution in [0.5, 0.6) is 0 Å². The fraction of sp³-hybridized carbons (Fsp3) is 0.0435. The van der Waals surface area contributed by atoms with Crippen LogP contribution in [0.25, 0.3) is 43.5 Å². The van der Waals surface area contributed by atoms with Crippen LogP contribution in [-0.4, -0.2) is 0 Å². The number of furan rings is 1. The van der Waals surface area contributed by atoms with Crippen LogP contribution < -0.4 is 9.80 Å². The summed E-state index contributed by atoms with van der Waals surface area (Å²) in [4.78, 5) is 4.70. The Kier molecular flexibility index (Phi) is 6.91. The van der Waals surface area contributed by atoms with Crippen LogP contribution in [0.2, 0.25) is 0 Å². The molecule has 8 aromatic carbocycles. The summed E-state index contributed by atoms with van der Waals surface area (Å²) in [5, 5.41) is 6.94. The third-order valence-corrected chi connectivity index (χ3v) is 9.47. The number of aryl methyl sites for hydroxylation is 2. The van der Waals surface area contributed by atoms with Crippen molar-refractivity contribution >= 4 is 77.6 Å². The molecule has 0 aliphatic carbocycles. The van der Waals surface area contributed by atoms with Gasteiger partial charge in [0.25, 0.3) is 0 Å². The molecule has 9 aromatic rings. The van der Waals surface area contributed by atoms with Crippen LogP contribution >= 0.6 is 0 Å². The number of fused-ring (bicyclic) bond motifs is 7.